The fraction of sp³-hybridized carbons (Fsp3) is 0.684. The number of hydrogen-bond donors (Lipinski definition) is 1. The molecule has 0 saturated heterocycles. The molecule has 114 valence electrons. The lowest BCUT2D eigenvalue weighted by atomic mass is 9.50. The minimum absolute atomic E-state index is 0.130. The quantitative estimate of drug-likeness (QED) is 0.881. The van der Waals surface area contributed by atoms with E-state index < -0.39 is 0 Å². The van der Waals surface area contributed by atoms with Crippen molar-refractivity contribution in [2.45, 2.75) is 44.6 Å². The van der Waals surface area contributed by atoms with E-state index in [4.69, 9.17) is 0 Å². The lowest BCUT2D eigenvalue weighted by molar-refractivity contribution is -0.0507. The van der Waals surface area contributed by atoms with Crippen LogP contribution >= 0.6 is 0 Å². The molecule has 1 nitrogen and oxygen atoms in total. The molecule has 1 aromatic carbocycles. The van der Waals surface area contributed by atoms with Crippen molar-refractivity contribution < 1.29 is 4.39 Å². The Morgan fingerprint density at radius 2 is 1.57 bits per heavy atom. The van der Waals surface area contributed by atoms with Gasteiger partial charge in [-0.1, -0.05) is 12.1 Å². The van der Waals surface area contributed by atoms with Crippen LogP contribution in [0.3, 0.4) is 0 Å². The average Bonchev–Trinajstić information content (AvgIpc) is 2.47. The van der Waals surface area contributed by atoms with Crippen molar-refractivity contribution in [3.8, 4) is 0 Å². The third-order valence-corrected chi connectivity index (χ3v) is 6.50. The van der Waals surface area contributed by atoms with E-state index in [0.29, 0.717) is 6.04 Å². The number of benzene rings is 1. The summed E-state index contributed by atoms with van der Waals surface area (Å²) >= 11 is 0. The number of nitrogens with one attached hydrogen (secondary N) is 1. The molecule has 0 heterocycles. The smallest absolute Gasteiger partial charge is 0.123 e. The van der Waals surface area contributed by atoms with E-state index in [1.165, 1.54) is 37.7 Å². The van der Waals surface area contributed by atoms with Gasteiger partial charge in [-0.15, -0.1) is 0 Å². The Morgan fingerprint density at radius 3 is 2.10 bits per heavy atom. The largest absolute Gasteiger partial charge is 0.316 e. The van der Waals surface area contributed by atoms with Gasteiger partial charge in [-0.2, -0.15) is 0 Å². The van der Waals surface area contributed by atoms with Crippen molar-refractivity contribution in [1.29, 1.82) is 0 Å². The van der Waals surface area contributed by atoms with Crippen LogP contribution in [0.4, 0.5) is 4.39 Å². The van der Waals surface area contributed by atoms with Gasteiger partial charge in [0.15, 0.2) is 0 Å². The SMILES string of the molecule is CNC(Cc1ccc(F)cc1)C1C2CC3CC(C2)CC1C3. The second-order valence-corrected chi connectivity index (χ2v) is 7.73. The van der Waals surface area contributed by atoms with E-state index in [-0.39, 0.29) is 5.82 Å². The summed E-state index contributed by atoms with van der Waals surface area (Å²) in [5, 5.41) is 3.60. The highest BCUT2D eigenvalue weighted by Gasteiger charge is 2.50. The Bertz CT molecular complexity index is 467. The first-order valence-corrected chi connectivity index (χ1v) is 8.64. The lowest BCUT2D eigenvalue weighted by Gasteiger charge is -2.56. The molecular formula is C19H26FN. The van der Waals surface area contributed by atoms with Gasteiger partial charge in [-0.05, 0) is 92.9 Å². The fourth-order valence-electron chi connectivity index (χ4n) is 5.93. The molecule has 1 aromatic rings. The summed E-state index contributed by atoms with van der Waals surface area (Å²) in [5.74, 6) is 4.67. The van der Waals surface area contributed by atoms with Gasteiger partial charge < -0.3 is 5.32 Å². The molecule has 1 atom stereocenters. The van der Waals surface area contributed by atoms with E-state index >= 15 is 0 Å². The van der Waals surface area contributed by atoms with Crippen LogP contribution in [0.2, 0.25) is 0 Å². The second-order valence-electron chi connectivity index (χ2n) is 7.73. The predicted octanol–water partition coefficient (Wildman–Crippen LogP) is 4.03. The van der Waals surface area contributed by atoms with Crippen molar-refractivity contribution in [2.75, 3.05) is 7.05 Å². The Labute approximate surface area is 127 Å². The van der Waals surface area contributed by atoms with Gasteiger partial charge in [0.2, 0.25) is 0 Å². The third kappa shape index (κ3) is 2.52. The summed E-state index contributed by atoms with van der Waals surface area (Å²) in [4.78, 5) is 0. The van der Waals surface area contributed by atoms with Crippen LogP contribution in [0.25, 0.3) is 0 Å². The monoisotopic (exact) mass is 287 g/mol. The van der Waals surface area contributed by atoms with Gasteiger partial charge in [0.1, 0.15) is 5.82 Å². The first-order valence-electron chi connectivity index (χ1n) is 8.64. The Balaban J connectivity index is 1.51. The van der Waals surface area contributed by atoms with Crippen LogP contribution in [-0.4, -0.2) is 13.1 Å². The third-order valence-electron chi connectivity index (χ3n) is 6.50. The van der Waals surface area contributed by atoms with E-state index in [2.05, 4.69) is 12.4 Å². The number of hydrogen-bond acceptors (Lipinski definition) is 1. The van der Waals surface area contributed by atoms with Crippen molar-refractivity contribution in [3.63, 3.8) is 0 Å². The minimum atomic E-state index is -0.130. The molecule has 2 heteroatoms. The van der Waals surface area contributed by atoms with Gasteiger partial charge in [-0.3, -0.25) is 0 Å². The topological polar surface area (TPSA) is 12.0 Å². The van der Waals surface area contributed by atoms with Crippen LogP contribution in [0.15, 0.2) is 24.3 Å². The van der Waals surface area contributed by atoms with Gasteiger partial charge in [0, 0.05) is 6.04 Å². The molecule has 0 aromatic heterocycles. The van der Waals surface area contributed by atoms with Crippen LogP contribution in [0, 0.1) is 35.4 Å². The molecule has 5 rings (SSSR count). The predicted molar refractivity (Wildman–Crippen MR) is 83.5 cm³/mol. The van der Waals surface area contributed by atoms with Crippen LogP contribution < -0.4 is 5.32 Å². The van der Waals surface area contributed by atoms with Crippen LogP contribution in [-0.2, 0) is 6.42 Å². The number of rotatable bonds is 4. The van der Waals surface area contributed by atoms with E-state index in [9.17, 15) is 4.39 Å². The molecule has 0 radical (unpaired) electrons. The Hall–Kier alpha value is -0.890. The zero-order chi connectivity index (χ0) is 14.4. The maximum Gasteiger partial charge on any atom is 0.123 e. The van der Waals surface area contributed by atoms with E-state index in [1.807, 2.05) is 12.1 Å². The molecular weight excluding hydrogens is 261 g/mol. The summed E-state index contributed by atoms with van der Waals surface area (Å²) in [7, 11) is 2.11. The van der Waals surface area contributed by atoms with Crippen molar-refractivity contribution >= 4 is 0 Å². The molecule has 4 aliphatic carbocycles. The summed E-state index contributed by atoms with van der Waals surface area (Å²) in [5.41, 5.74) is 1.27. The van der Waals surface area contributed by atoms with Gasteiger partial charge in [0.25, 0.3) is 0 Å². The first kappa shape index (κ1) is 13.8. The van der Waals surface area contributed by atoms with Crippen LogP contribution in [0.1, 0.15) is 37.7 Å². The normalized spacial score (nSPS) is 38.7. The maximum absolute atomic E-state index is 13.1. The van der Waals surface area contributed by atoms with Gasteiger partial charge in [-0.25, -0.2) is 4.39 Å². The zero-order valence-electron chi connectivity index (χ0n) is 12.9. The molecule has 1 unspecified atom stereocenters. The fourth-order valence-corrected chi connectivity index (χ4v) is 5.93. The molecule has 4 bridgehead atoms. The number of halogens is 1. The maximum atomic E-state index is 13.1. The van der Waals surface area contributed by atoms with Gasteiger partial charge >= 0.3 is 0 Å². The highest BCUT2D eigenvalue weighted by molar-refractivity contribution is 5.18. The minimum Gasteiger partial charge on any atom is -0.316 e. The standard InChI is InChI=1S/C19H26FN/c1-21-18(11-12-2-4-17(20)5-3-12)19-15-7-13-6-14(9-15)10-16(19)8-13/h2-5,13-16,18-19,21H,6-11H2,1H3. The molecule has 4 fully saturated rings. The molecule has 1 N–H and O–H groups in total. The summed E-state index contributed by atoms with van der Waals surface area (Å²) < 4.78 is 13.1. The second kappa shape index (κ2) is 5.39. The summed E-state index contributed by atoms with van der Waals surface area (Å²) in [6.45, 7) is 0. The molecule has 4 aliphatic rings. The highest BCUT2D eigenvalue weighted by atomic mass is 19.1. The summed E-state index contributed by atoms with van der Waals surface area (Å²) in [6.07, 6.45) is 8.45. The van der Waals surface area contributed by atoms with Crippen molar-refractivity contribution in [1.82, 2.24) is 5.32 Å². The Morgan fingerprint density at radius 1 is 1.00 bits per heavy atom. The molecule has 0 spiro atoms. The van der Waals surface area contributed by atoms with Crippen LogP contribution in [0.5, 0.6) is 0 Å². The van der Waals surface area contributed by atoms with Crippen molar-refractivity contribution in [2.24, 2.45) is 29.6 Å². The Kier molecular flexibility index (Phi) is 3.53. The zero-order valence-corrected chi connectivity index (χ0v) is 12.9. The average molecular weight is 287 g/mol. The lowest BCUT2D eigenvalue weighted by Crippen LogP contribution is -2.53. The molecule has 21 heavy (non-hydrogen) atoms. The molecule has 0 aliphatic heterocycles. The molecule has 0 amide bonds. The van der Waals surface area contributed by atoms with Gasteiger partial charge in [0.05, 0.1) is 0 Å². The first-order chi connectivity index (χ1) is 10.2. The highest BCUT2D eigenvalue weighted by Crippen LogP contribution is 2.57. The van der Waals surface area contributed by atoms with E-state index in [0.717, 1.165) is 36.0 Å². The summed E-state index contributed by atoms with van der Waals surface area (Å²) in [6, 6.07) is 7.66. The van der Waals surface area contributed by atoms with E-state index in [1.54, 1.807) is 12.1 Å². The number of likely N-dealkylation sites (N-methyl/N-ethyl adjacent to an activating group) is 1. The van der Waals surface area contributed by atoms with Crippen molar-refractivity contribution in [3.05, 3.63) is 35.6 Å². The molecule has 4 saturated carbocycles.